The standard InChI is InChI=1S/C16H23NO2/c1-13(18)12-17(2)15(19)16(10-6-7-11-16)14-8-4-3-5-9-14/h3-5,8-9,13,18H,6-7,10-12H2,1-2H3. The summed E-state index contributed by atoms with van der Waals surface area (Å²) in [5.41, 5.74) is 0.750. The van der Waals surface area contributed by atoms with Crippen LogP contribution in [0, 0.1) is 0 Å². The highest BCUT2D eigenvalue weighted by atomic mass is 16.3. The third-order valence-electron chi connectivity index (χ3n) is 4.08. The fourth-order valence-corrected chi connectivity index (χ4v) is 3.21. The van der Waals surface area contributed by atoms with Crippen molar-refractivity contribution in [2.45, 2.75) is 44.1 Å². The van der Waals surface area contributed by atoms with Gasteiger partial charge >= 0.3 is 0 Å². The lowest BCUT2D eigenvalue weighted by molar-refractivity contribution is -0.137. The van der Waals surface area contributed by atoms with Crippen LogP contribution in [-0.2, 0) is 10.2 Å². The van der Waals surface area contributed by atoms with Crippen molar-refractivity contribution >= 4 is 5.91 Å². The molecule has 0 bridgehead atoms. The van der Waals surface area contributed by atoms with E-state index in [1.165, 1.54) is 0 Å². The second kappa shape index (κ2) is 5.74. The van der Waals surface area contributed by atoms with Crippen LogP contribution in [0.25, 0.3) is 0 Å². The van der Waals surface area contributed by atoms with Gasteiger partial charge in [-0.15, -0.1) is 0 Å². The number of rotatable bonds is 4. The van der Waals surface area contributed by atoms with Gasteiger partial charge in [0.25, 0.3) is 0 Å². The smallest absolute Gasteiger partial charge is 0.233 e. The Morgan fingerprint density at radius 1 is 1.32 bits per heavy atom. The van der Waals surface area contributed by atoms with Crippen molar-refractivity contribution in [1.82, 2.24) is 4.90 Å². The zero-order valence-corrected chi connectivity index (χ0v) is 11.8. The molecule has 1 N–H and O–H groups in total. The Balaban J connectivity index is 2.27. The van der Waals surface area contributed by atoms with Gasteiger partial charge in [0.2, 0.25) is 5.91 Å². The highest BCUT2D eigenvalue weighted by Gasteiger charge is 2.44. The minimum absolute atomic E-state index is 0.150. The van der Waals surface area contributed by atoms with E-state index >= 15 is 0 Å². The van der Waals surface area contributed by atoms with Crippen LogP contribution in [-0.4, -0.2) is 35.6 Å². The monoisotopic (exact) mass is 261 g/mol. The molecule has 0 aromatic heterocycles. The van der Waals surface area contributed by atoms with Gasteiger partial charge in [0.15, 0.2) is 0 Å². The number of amides is 1. The Hall–Kier alpha value is -1.35. The largest absolute Gasteiger partial charge is 0.392 e. The number of hydrogen-bond donors (Lipinski definition) is 1. The molecule has 1 aromatic rings. The molecule has 3 heteroatoms. The molecule has 0 aliphatic heterocycles. The molecule has 1 amide bonds. The van der Waals surface area contributed by atoms with Crippen LogP contribution in [0.4, 0.5) is 0 Å². The molecule has 1 aliphatic carbocycles. The predicted molar refractivity (Wildman–Crippen MR) is 75.9 cm³/mol. The molecule has 1 unspecified atom stereocenters. The van der Waals surface area contributed by atoms with Crippen molar-refractivity contribution in [3.8, 4) is 0 Å². The molecule has 1 saturated carbocycles. The zero-order chi connectivity index (χ0) is 13.9. The maximum atomic E-state index is 12.8. The Bertz CT molecular complexity index is 422. The lowest BCUT2D eigenvalue weighted by Gasteiger charge is -2.33. The lowest BCUT2D eigenvalue weighted by atomic mass is 9.77. The molecule has 1 aliphatic rings. The molecule has 0 spiro atoms. The summed E-state index contributed by atoms with van der Waals surface area (Å²) in [7, 11) is 1.79. The first-order chi connectivity index (χ1) is 9.06. The first-order valence-corrected chi connectivity index (χ1v) is 7.05. The van der Waals surface area contributed by atoms with Gasteiger partial charge in [-0.1, -0.05) is 43.2 Å². The molecule has 1 aromatic carbocycles. The molecule has 2 rings (SSSR count). The topological polar surface area (TPSA) is 40.5 Å². The van der Waals surface area contributed by atoms with Gasteiger partial charge in [0, 0.05) is 13.6 Å². The van der Waals surface area contributed by atoms with E-state index in [-0.39, 0.29) is 11.3 Å². The molecule has 3 nitrogen and oxygen atoms in total. The van der Waals surface area contributed by atoms with Gasteiger partial charge in [0.1, 0.15) is 0 Å². The highest BCUT2D eigenvalue weighted by molar-refractivity contribution is 5.88. The van der Waals surface area contributed by atoms with Crippen molar-refractivity contribution in [3.05, 3.63) is 35.9 Å². The number of carbonyl (C=O) groups is 1. The van der Waals surface area contributed by atoms with Gasteiger partial charge in [-0.3, -0.25) is 4.79 Å². The minimum atomic E-state index is -0.483. The molecular weight excluding hydrogens is 238 g/mol. The average Bonchev–Trinajstić information content (AvgIpc) is 2.88. The predicted octanol–water partition coefficient (Wildman–Crippen LogP) is 2.34. The number of likely N-dealkylation sites (N-methyl/N-ethyl adjacent to an activating group) is 1. The maximum Gasteiger partial charge on any atom is 0.233 e. The van der Waals surface area contributed by atoms with E-state index in [0.29, 0.717) is 6.54 Å². The van der Waals surface area contributed by atoms with E-state index in [9.17, 15) is 9.90 Å². The van der Waals surface area contributed by atoms with Crippen LogP contribution in [0.15, 0.2) is 30.3 Å². The summed E-state index contributed by atoms with van der Waals surface area (Å²) in [5.74, 6) is 0.150. The summed E-state index contributed by atoms with van der Waals surface area (Å²) in [4.78, 5) is 14.5. The summed E-state index contributed by atoms with van der Waals surface area (Å²) in [6.07, 6.45) is 3.55. The van der Waals surface area contributed by atoms with Gasteiger partial charge in [-0.2, -0.15) is 0 Å². The summed E-state index contributed by atoms with van der Waals surface area (Å²) in [6, 6.07) is 10.1. The fourth-order valence-electron chi connectivity index (χ4n) is 3.21. The van der Waals surface area contributed by atoms with E-state index in [4.69, 9.17) is 0 Å². The molecule has 0 radical (unpaired) electrons. The fraction of sp³-hybridized carbons (Fsp3) is 0.562. The zero-order valence-electron chi connectivity index (χ0n) is 11.8. The molecule has 1 atom stereocenters. The van der Waals surface area contributed by atoms with Crippen LogP contribution in [0.5, 0.6) is 0 Å². The van der Waals surface area contributed by atoms with Crippen LogP contribution >= 0.6 is 0 Å². The van der Waals surface area contributed by atoms with Gasteiger partial charge in [-0.25, -0.2) is 0 Å². The van der Waals surface area contributed by atoms with Crippen LogP contribution in [0.2, 0.25) is 0 Å². The van der Waals surface area contributed by atoms with Gasteiger partial charge in [0.05, 0.1) is 11.5 Å². The first-order valence-electron chi connectivity index (χ1n) is 7.05. The van der Waals surface area contributed by atoms with E-state index in [0.717, 1.165) is 31.2 Å². The van der Waals surface area contributed by atoms with Crippen LogP contribution in [0.1, 0.15) is 38.2 Å². The summed E-state index contributed by atoms with van der Waals surface area (Å²) >= 11 is 0. The molecule has 104 valence electrons. The molecule has 0 heterocycles. The quantitative estimate of drug-likeness (QED) is 0.903. The summed E-state index contributed by atoms with van der Waals surface area (Å²) in [5, 5.41) is 9.48. The van der Waals surface area contributed by atoms with E-state index in [1.54, 1.807) is 18.9 Å². The Kier molecular flexibility index (Phi) is 4.25. The number of benzene rings is 1. The van der Waals surface area contributed by atoms with Crippen molar-refractivity contribution in [2.24, 2.45) is 0 Å². The number of hydrogen-bond acceptors (Lipinski definition) is 2. The van der Waals surface area contributed by atoms with Gasteiger partial charge in [-0.05, 0) is 25.3 Å². The molecule has 19 heavy (non-hydrogen) atoms. The van der Waals surface area contributed by atoms with Crippen molar-refractivity contribution in [2.75, 3.05) is 13.6 Å². The van der Waals surface area contributed by atoms with Crippen LogP contribution in [0.3, 0.4) is 0 Å². The van der Waals surface area contributed by atoms with Crippen LogP contribution < -0.4 is 0 Å². The summed E-state index contributed by atoms with van der Waals surface area (Å²) in [6.45, 7) is 2.11. The third kappa shape index (κ3) is 2.81. The Labute approximate surface area is 115 Å². The number of aliphatic hydroxyl groups is 1. The third-order valence-corrected chi connectivity index (χ3v) is 4.08. The SMILES string of the molecule is CC(O)CN(C)C(=O)C1(c2ccccc2)CCCC1. The van der Waals surface area contributed by atoms with E-state index in [2.05, 4.69) is 12.1 Å². The maximum absolute atomic E-state index is 12.8. The summed E-state index contributed by atoms with van der Waals surface area (Å²) < 4.78 is 0. The Morgan fingerprint density at radius 2 is 1.89 bits per heavy atom. The number of nitrogens with zero attached hydrogens (tertiary/aromatic N) is 1. The molecule has 0 saturated heterocycles. The van der Waals surface area contributed by atoms with Crippen molar-refractivity contribution in [1.29, 1.82) is 0 Å². The first kappa shape index (κ1) is 14.1. The Morgan fingerprint density at radius 3 is 2.42 bits per heavy atom. The molecular formula is C16H23NO2. The van der Waals surface area contributed by atoms with Gasteiger partial charge < -0.3 is 10.0 Å². The van der Waals surface area contributed by atoms with E-state index in [1.807, 2.05) is 18.2 Å². The average molecular weight is 261 g/mol. The normalized spacial score (nSPS) is 19.1. The minimum Gasteiger partial charge on any atom is -0.392 e. The van der Waals surface area contributed by atoms with E-state index < -0.39 is 6.10 Å². The van der Waals surface area contributed by atoms with Crippen molar-refractivity contribution in [3.63, 3.8) is 0 Å². The lowest BCUT2D eigenvalue weighted by Crippen LogP contribution is -2.45. The highest BCUT2D eigenvalue weighted by Crippen LogP contribution is 2.42. The number of carbonyl (C=O) groups excluding carboxylic acids is 1. The second-order valence-electron chi connectivity index (χ2n) is 5.69. The number of aliphatic hydroxyl groups excluding tert-OH is 1. The van der Waals surface area contributed by atoms with Crippen molar-refractivity contribution < 1.29 is 9.90 Å². The second-order valence-corrected chi connectivity index (χ2v) is 5.69. The molecule has 1 fully saturated rings.